The fourth-order valence-corrected chi connectivity index (χ4v) is 1.15. The Kier molecular flexibility index (Phi) is 3.12. The van der Waals surface area contributed by atoms with E-state index in [0.29, 0.717) is 17.0 Å². The van der Waals surface area contributed by atoms with Gasteiger partial charge in [-0.1, -0.05) is 6.58 Å². The van der Waals surface area contributed by atoms with Gasteiger partial charge in [0, 0.05) is 17.8 Å². The van der Waals surface area contributed by atoms with Crippen molar-refractivity contribution in [2.75, 3.05) is 0 Å². The van der Waals surface area contributed by atoms with Crippen LogP contribution in [0.2, 0.25) is 0 Å². The molecule has 0 saturated carbocycles. The molecular weight excluding hydrogens is 200 g/mol. The molecule has 1 aliphatic carbocycles. The monoisotopic (exact) mass is 210 g/mol. The van der Waals surface area contributed by atoms with E-state index in [1.807, 2.05) is 0 Å². The lowest BCUT2D eigenvalue weighted by atomic mass is 10.0. The van der Waals surface area contributed by atoms with Gasteiger partial charge < -0.3 is 10.2 Å². The molecule has 0 fully saturated rings. The maximum absolute atomic E-state index is 10.3. The third-order valence-corrected chi connectivity index (χ3v) is 1.75. The Morgan fingerprint density at radius 2 is 1.80 bits per heavy atom. The van der Waals surface area contributed by atoms with Crippen LogP contribution >= 0.6 is 0 Å². The quantitative estimate of drug-likeness (QED) is 0.551. The number of nitrogens with one attached hydrogen (secondary N) is 2. The largest absolute Gasteiger partial charge is 0.465 e. The van der Waals surface area contributed by atoms with Crippen molar-refractivity contribution in [3.8, 4) is 0 Å². The van der Waals surface area contributed by atoms with Crippen LogP contribution in [-0.4, -0.2) is 22.4 Å². The van der Waals surface area contributed by atoms with Gasteiger partial charge >= 0.3 is 12.2 Å². The first-order valence-electron chi connectivity index (χ1n) is 4.08. The van der Waals surface area contributed by atoms with Crippen LogP contribution in [-0.2, 0) is 0 Å². The summed E-state index contributed by atoms with van der Waals surface area (Å²) in [4.78, 5) is 20.7. The molecule has 0 radical (unpaired) electrons. The molecule has 6 heteroatoms. The molecule has 1 rings (SSSR count). The van der Waals surface area contributed by atoms with Crippen molar-refractivity contribution in [1.82, 2.24) is 10.6 Å². The molecule has 0 aromatic rings. The van der Waals surface area contributed by atoms with Crippen LogP contribution in [0.4, 0.5) is 9.59 Å². The fourth-order valence-electron chi connectivity index (χ4n) is 1.15. The van der Waals surface area contributed by atoms with Crippen molar-refractivity contribution in [1.29, 1.82) is 0 Å². The Morgan fingerprint density at radius 1 is 1.20 bits per heavy atom. The molecule has 0 aromatic carbocycles. The summed E-state index contributed by atoms with van der Waals surface area (Å²) in [7, 11) is 0. The Hall–Kier alpha value is -2.24. The summed E-state index contributed by atoms with van der Waals surface area (Å²) >= 11 is 0. The van der Waals surface area contributed by atoms with Crippen LogP contribution in [0.5, 0.6) is 0 Å². The number of carbonyl (C=O) groups is 2. The SMILES string of the molecule is C=C1CC(NC(=O)O)=CC=C1NC(=O)O. The summed E-state index contributed by atoms with van der Waals surface area (Å²) in [5.74, 6) is 0. The van der Waals surface area contributed by atoms with Crippen molar-refractivity contribution < 1.29 is 19.8 Å². The van der Waals surface area contributed by atoms with E-state index in [2.05, 4.69) is 17.2 Å². The standard InChI is InChI=1S/C9H10N2O4/c1-5-4-6(10-8(12)13)2-3-7(5)11-9(14)15/h2-3,10-11H,1,4H2,(H,12,13)(H,14,15). The van der Waals surface area contributed by atoms with Gasteiger partial charge in [-0.3, -0.25) is 10.6 Å². The summed E-state index contributed by atoms with van der Waals surface area (Å²) in [6.45, 7) is 3.64. The molecule has 4 N–H and O–H groups in total. The molecule has 2 amide bonds. The zero-order valence-electron chi connectivity index (χ0n) is 7.78. The Labute approximate surface area is 85.6 Å². The molecule has 0 atom stereocenters. The second-order valence-electron chi connectivity index (χ2n) is 2.91. The van der Waals surface area contributed by atoms with Crippen molar-refractivity contribution in [2.45, 2.75) is 6.42 Å². The smallest absolute Gasteiger partial charge is 0.409 e. The maximum Gasteiger partial charge on any atom is 0.409 e. The van der Waals surface area contributed by atoms with E-state index in [-0.39, 0.29) is 6.42 Å². The second-order valence-corrected chi connectivity index (χ2v) is 2.91. The van der Waals surface area contributed by atoms with E-state index in [1.54, 1.807) is 0 Å². The maximum atomic E-state index is 10.3. The van der Waals surface area contributed by atoms with Gasteiger partial charge in [0.15, 0.2) is 0 Å². The summed E-state index contributed by atoms with van der Waals surface area (Å²) in [5, 5.41) is 21.3. The molecule has 0 saturated heterocycles. The highest BCUT2D eigenvalue weighted by Crippen LogP contribution is 2.19. The van der Waals surface area contributed by atoms with Crippen LogP contribution in [0.25, 0.3) is 0 Å². The topological polar surface area (TPSA) is 98.7 Å². The highest BCUT2D eigenvalue weighted by atomic mass is 16.4. The van der Waals surface area contributed by atoms with Gasteiger partial charge in [-0.25, -0.2) is 9.59 Å². The molecular formula is C9H10N2O4. The van der Waals surface area contributed by atoms with Crippen molar-refractivity contribution in [3.05, 3.63) is 35.7 Å². The van der Waals surface area contributed by atoms with Gasteiger partial charge in [0.1, 0.15) is 0 Å². The molecule has 0 unspecified atom stereocenters. The summed E-state index contributed by atoms with van der Waals surface area (Å²) in [6.07, 6.45) is 0.903. The molecule has 15 heavy (non-hydrogen) atoms. The Balaban J connectivity index is 2.74. The van der Waals surface area contributed by atoms with Crippen LogP contribution in [0, 0.1) is 0 Å². The van der Waals surface area contributed by atoms with Gasteiger partial charge in [0.25, 0.3) is 0 Å². The lowest BCUT2D eigenvalue weighted by Crippen LogP contribution is -2.26. The number of carboxylic acid groups (broad SMARTS) is 2. The zero-order valence-corrected chi connectivity index (χ0v) is 7.78. The third kappa shape index (κ3) is 3.18. The van der Waals surface area contributed by atoms with Crippen LogP contribution in [0.1, 0.15) is 6.42 Å². The molecule has 6 nitrogen and oxygen atoms in total. The van der Waals surface area contributed by atoms with Crippen molar-refractivity contribution >= 4 is 12.2 Å². The van der Waals surface area contributed by atoms with E-state index in [4.69, 9.17) is 10.2 Å². The Morgan fingerprint density at radius 3 is 2.27 bits per heavy atom. The molecule has 0 heterocycles. The van der Waals surface area contributed by atoms with E-state index < -0.39 is 12.2 Å². The van der Waals surface area contributed by atoms with E-state index in [9.17, 15) is 9.59 Å². The number of amides is 2. The van der Waals surface area contributed by atoms with Gasteiger partial charge in [-0.05, 0) is 17.7 Å². The highest BCUT2D eigenvalue weighted by Gasteiger charge is 2.13. The van der Waals surface area contributed by atoms with Gasteiger partial charge in [-0.15, -0.1) is 0 Å². The van der Waals surface area contributed by atoms with Crippen LogP contribution < -0.4 is 10.6 Å². The summed E-state index contributed by atoms with van der Waals surface area (Å²) < 4.78 is 0. The average Bonchev–Trinajstić information content (AvgIpc) is 2.08. The average molecular weight is 210 g/mol. The van der Waals surface area contributed by atoms with Crippen LogP contribution in [0.3, 0.4) is 0 Å². The first-order valence-corrected chi connectivity index (χ1v) is 4.08. The number of hydrogen-bond acceptors (Lipinski definition) is 2. The molecule has 0 aromatic heterocycles. The molecule has 1 aliphatic rings. The minimum Gasteiger partial charge on any atom is -0.465 e. The zero-order chi connectivity index (χ0) is 11.4. The third-order valence-electron chi connectivity index (χ3n) is 1.75. The molecule has 80 valence electrons. The summed E-state index contributed by atoms with van der Waals surface area (Å²) in [5.41, 5.74) is 1.35. The van der Waals surface area contributed by atoms with E-state index >= 15 is 0 Å². The second kappa shape index (κ2) is 4.32. The number of allylic oxidation sites excluding steroid dienone is 4. The first kappa shape index (κ1) is 10.8. The van der Waals surface area contributed by atoms with Gasteiger partial charge in [0.2, 0.25) is 0 Å². The molecule has 0 spiro atoms. The molecule has 0 bridgehead atoms. The normalized spacial score (nSPS) is 15.1. The lowest BCUT2D eigenvalue weighted by molar-refractivity contribution is 0.195. The van der Waals surface area contributed by atoms with Crippen LogP contribution in [0.15, 0.2) is 35.7 Å². The molecule has 0 aliphatic heterocycles. The van der Waals surface area contributed by atoms with Gasteiger partial charge in [0.05, 0.1) is 0 Å². The number of rotatable bonds is 2. The predicted molar refractivity (Wildman–Crippen MR) is 52.2 cm³/mol. The van der Waals surface area contributed by atoms with Crippen molar-refractivity contribution in [3.63, 3.8) is 0 Å². The summed E-state index contributed by atoms with van der Waals surface area (Å²) in [6, 6.07) is 0. The van der Waals surface area contributed by atoms with Gasteiger partial charge in [-0.2, -0.15) is 0 Å². The minimum absolute atomic E-state index is 0.276. The minimum atomic E-state index is -1.18. The van der Waals surface area contributed by atoms with E-state index in [1.165, 1.54) is 12.2 Å². The number of hydrogen-bond donors (Lipinski definition) is 4. The fraction of sp³-hybridized carbons (Fsp3) is 0.111. The predicted octanol–water partition coefficient (Wildman–Crippen LogP) is 1.25. The first-order chi connectivity index (χ1) is 6.99. The van der Waals surface area contributed by atoms with E-state index in [0.717, 1.165) is 0 Å². The van der Waals surface area contributed by atoms with Crippen molar-refractivity contribution in [2.24, 2.45) is 0 Å². The Bertz CT molecular complexity index is 382. The highest BCUT2D eigenvalue weighted by molar-refractivity contribution is 5.70. The lowest BCUT2D eigenvalue weighted by Gasteiger charge is -2.16.